The predicted molar refractivity (Wildman–Crippen MR) is 57.0 cm³/mol. The van der Waals surface area contributed by atoms with Crippen molar-refractivity contribution >= 4 is 5.97 Å². The standard InChI is InChI=1S/C12H20O2/c1-3-4-10-5-7-11(8-6-10)9-12(13)14-2/h9-10H,3-8H2,1-2H3. The molecule has 0 saturated heterocycles. The van der Waals surface area contributed by atoms with Gasteiger partial charge >= 0.3 is 5.97 Å². The number of esters is 1. The van der Waals surface area contributed by atoms with Crippen molar-refractivity contribution < 1.29 is 9.53 Å². The minimum absolute atomic E-state index is 0.200. The molecule has 0 spiro atoms. The molecule has 0 aromatic rings. The molecule has 0 amide bonds. The first-order chi connectivity index (χ1) is 6.76. The van der Waals surface area contributed by atoms with Crippen molar-refractivity contribution in [3.8, 4) is 0 Å². The van der Waals surface area contributed by atoms with Crippen LogP contribution < -0.4 is 0 Å². The zero-order chi connectivity index (χ0) is 10.4. The van der Waals surface area contributed by atoms with Crippen LogP contribution in [0, 0.1) is 5.92 Å². The molecule has 0 N–H and O–H groups in total. The molecule has 0 aromatic heterocycles. The molecule has 1 saturated carbocycles. The van der Waals surface area contributed by atoms with Gasteiger partial charge in [0.05, 0.1) is 7.11 Å². The van der Waals surface area contributed by atoms with E-state index in [1.165, 1.54) is 38.4 Å². The Morgan fingerprint density at radius 2 is 2.14 bits per heavy atom. The normalized spacial score (nSPS) is 21.9. The summed E-state index contributed by atoms with van der Waals surface area (Å²) in [5, 5.41) is 0. The van der Waals surface area contributed by atoms with E-state index >= 15 is 0 Å². The molecular weight excluding hydrogens is 176 g/mol. The molecule has 14 heavy (non-hydrogen) atoms. The number of methoxy groups -OCH3 is 1. The quantitative estimate of drug-likeness (QED) is 0.512. The van der Waals surface area contributed by atoms with E-state index in [9.17, 15) is 4.79 Å². The summed E-state index contributed by atoms with van der Waals surface area (Å²) in [4.78, 5) is 11.0. The van der Waals surface area contributed by atoms with Gasteiger partial charge in [0.25, 0.3) is 0 Å². The van der Waals surface area contributed by atoms with E-state index in [0.29, 0.717) is 0 Å². The first-order valence-electron chi connectivity index (χ1n) is 5.53. The maximum absolute atomic E-state index is 11.0. The number of ether oxygens (including phenoxy) is 1. The van der Waals surface area contributed by atoms with Crippen LogP contribution in [-0.2, 0) is 9.53 Å². The van der Waals surface area contributed by atoms with Crippen LogP contribution >= 0.6 is 0 Å². The summed E-state index contributed by atoms with van der Waals surface area (Å²) in [7, 11) is 1.43. The summed E-state index contributed by atoms with van der Waals surface area (Å²) in [6.07, 6.45) is 8.95. The number of carbonyl (C=O) groups is 1. The molecule has 0 aliphatic heterocycles. The Morgan fingerprint density at radius 1 is 1.50 bits per heavy atom. The number of hydrogen-bond acceptors (Lipinski definition) is 2. The molecule has 0 bridgehead atoms. The summed E-state index contributed by atoms with van der Waals surface area (Å²) in [6.45, 7) is 2.24. The number of allylic oxidation sites excluding steroid dienone is 1. The van der Waals surface area contributed by atoms with E-state index in [1.807, 2.05) is 0 Å². The average molecular weight is 196 g/mol. The molecule has 1 aliphatic rings. The molecule has 2 heteroatoms. The molecule has 80 valence electrons. The van der Waals surface area contributed by atoms with Crippen LogP contribution in [-0.4, -0.2) is 13.1 Å². The molecule has 0 heterocycles. The molecule has 1 rings (SSSR count). The summed E-state index contributed by atoms with van der Waals surface area (Å²) in [5.74, 6) is 0.684. The molecular formula is C12H20O2. The lowest BCUT2D eigenvalue weighted by molar-refractivity contribution is -0.134. The van der Waals surface area contributed by atoms with E-state index in [4.69, 9.17) is 0 Å². The Kier molecular flexibility index (Phi) is 4.71. The summed E-state index contributed by atoms with van der Waals surface area (Å²) >= 11 is 0. The Hall–Kier alpha value is -0.790. The predicted octanol–water partition coefficient (Wildman–Crippen LogP) is 3.08. The lowest BCUT2D eigenvalue weighted by Gasteiger charge is -2.23. The van der Waals surface area contributed by atoms with Gasteiger partial charge in [-0.05, 0) is 31.6 Å². The molecule has 2 nitrogen and oxygen atoms in total. The van der Waals surface area contributed by atoms with E-state index in [-0.39, 0.29) is 5.97 Å². The molecule has 0 aromatic carbocycles. The Bertz CT molecular complexity index is 208. The van der Waals surface area contributed by atoms with Gasteiger partial charge in [0.1, 0.15) is 0 Å². The van der Waals surface area contributed by atoms with Crippen LogP contribution in [0.1, 0.15) is 45.4 Å². The van der Waals surface area contributed by atoms with Crippen molar-refractivity contribution in [2.24, 2.45) is 5.92 Å². The van der Waals surface area contributed by atoms with Crippen LogP contribution in [0.5, 0.6) is 0 Å². The third kappa shape index (κ3) is 3.52. The van der Waals surface area contributed by atoms with Gasteiger partial charge in [0, 0.05) is 6.08 Å². The third-order valence-corrected chi connectivity index (χ3v) is 2.97. The van der Waals surface area contributed by atoms with Gasteiger partial charge in [0.15, 0.2) is 0 Å². The fraction of sp³-hybridized carbons (Fsp3) is 0.750. The number of rotatable bonds is 3. The number of carbonyl (C=O) groups excluding carboxylic acids is 1. The first kappa shape index (κ1) is 11.3. The van der Waals surface area contributed by atoms with Crippen molar-refractivity contribution in [1.82, 2.24) is 0 Å². The van der Waals surface area contributed by atoms with Gasteiger partial charge in [-0.25, -0.2) is 4.79 Å². The lowest BCUT2D eigenvalue weighted by atomic mass is 9.83. The highest BCUT2D eigenvalue weighted by atomic mass is 16.5. The SMILES string of the molecule is CCCC1CCC(=CC(=O)OC)CC1. The van der Waals surface area contributed by atoms with Crippen molar-refractivity contribution in [2.75, 3.05) is 7.11 Å². The van der Waals surface area contributed by atoms with Crippen LogP contribution in [0.15, 0.2) is 11.6 Å². The van der Waals surface area contributed by atoms with Gasteiger partial charge in [-0.15, -0.1) is 0 Å². The average Bonchev–Trinajstić information content (AvgIpc) is 2.21. The van der Waals surface area contributed by atoms with Crippen molar-refractivity contribution in [1.29, 1.82) is 0 Å². The van der Waals surface area contributed by atoms with E-state index in [2.05, 4.69) is 11.7 Å². The maximum Gasteiger partial charge on any atom is 0.330 e. The smallest absolute Gasteiger partial charge is 0.330 e. The Labute approximate surface area is 86.3 Å². The van der Waals surface area contributed by atoms with E-state index in [1.54, 1.807) is 6.08 Å². The van der Waals surface area contributed by atoms with Crippen LogP contribution in [0.2, 0.25) is 0 Å². The lowest BCUT2D eigenvalue weighted by Crippen LogP contribution is -2.09. The molecule has 1 fully saturated rings. The maximum atomic E-state index is 11.0. The summed E-state index contributed by atoms with van der Waals surface area (Å²) in [5.41, 5.74) is 1.27. The molecule has 1 aliphatic carbocycles. The summed E-state index contributed by atoms with van der Waals surface area (Å²) in [6, 6.07) is 0. The Balaban J connectivity index is 2.35. The van der Waals surface area contributed by atoms with Gasteiger partial charge in [-0.3, -0.25) is 0 Å². The second kappa shape index (κ2) is 5.84. The Morgan fingerprint density at radius 3 is 2.64 bits per heavy atom. The van der Waals surface area contributed by atoms with Crippen LogP contribution in [0.25, 0.3) is 0 Å². The van der Waals surface area contributed by atoms with Gasteiger partial charge in [-0.2, -0.15) is 0 Å². The zero-order valence-corrected chi connectivity index (χ0v) is 9.21. The highest BCUT2D eigenvalue weighted by Crippen LogP contribution is 2.30. The van der Waals surface area contributed by atoms with Gasteiger partial charge < -0.3 is 4.74 Å². The van der Waals surface area contributed by atoms with Crippen molar-refractivity contribution in [3.63, 3.8) is 0 Å². The second-order valence-corrected chi connectivity index (χ2v) is 4.06. The molecule has 0 unspecified atom stereocenters. The fourth-order valence-corrected chi connectivity index (χ4v) is 2.12. The second-order valence-electron chi connectivity index (χ2n) is 4.06. The third-order valence-electron chi connectivity index (χ3n) is 2.97. The number of hydrogen-bond donors (Lipinski definition) is 0. The van der Waals surface area contributed by atoms with Crippen molar-refractivity contribution in [3.05, 3.63) is 11.6 Å². The first-order valence-corrected chi connectivity index (χ1v) is 5.53. The fourth-order valence-electron chi connectivity index (χ4n) is 2.12. The monoisotopic (exact) mass is 196 g/mol. The highest BCUT2D eigenvalue weighted by Gasteiger charge is 2.16. The van der Waals surface area contributed by atoms with Gasteiger partial charge in [0.2, 0.25) is 0 Å². The zero-order valence-electron chi connectivity index (χ0n) is 9.21. The van der Waals surface area contributed by atoms with E-state index in [0.717, 1.165) is 18.8 Å². The van der Waals surface area contributed by atoms with Gasteiger partial charge in [-0.1, -0.05) is 25.3 Å². The molecule has 0 radical (unpaired) electrons. The topological polar surface area (TPSA) is 26.3 Å². The summed E-state index contributed by atoms with van der Waals surface area (Å²) < 4.78 is 4.61. The van der Waals surface area contributed by atoms with E-state index < -0.39 is 0 Å². The highest BCUT2D eigenvalue weighted by molar-refractivity contribution is 5.82. The molecule has 0 atom stereocenters. The largest absolute Gasteiger partial charge is 0.466 e. The van der Waals surface area contributed by atoms with Crippen LogP contribution in [0.4, 0.5) is 0 Å². The minimum Gasteiger partial charge on any atom is -0.466 e. The van der Waals surface area contributed by atoms with Crippen molar-refractivity contribution in [2.45, 2.75) is 45.4 Å². The van der Waals surface area contributed by atoms with Crippen LogP contribution in [0.3, 0.4) is 0 Å². The minimum atomic E-state index is -0.200.